The summed E-state index contributed by atoms with van der Waals surface area (Å²) >= 11 is 0. The van der Waals surface area contributed by atoms with E-state index in [1.807, 2.05) is 36.4 Å². The van der Waals surface area contributed by atoms with Gasteiger partial charge in [0.15, 0.2) is 0 Å². The van der Waals surface area contributed by atoms with Gasteiger partial charge in [0.1, 0.15) is 0 Å². The molecule has 140 valence electrons. The highest BCUT2D eigenvalue weighted by Gasteiger charge is 2.36. The first-order valence-electron chi connectivity index (χ1n) is 8.49. The Morgan fingerprint density at radius 1 is 1.08 bits per heavy atom. The number of carboxylic acids is 2. The first-order valence-corrected chi connectivity index (χ1v) is 10.4. The molecule has 0 aliphatic heterocycles. The lowest BCUT2D eigenvalue weighted by molar-refractivity contribution is -0.142. The van der Waals surface area contributed by atoms with Gasteiger partial charge >= 0.3 is 11.9 Å². The Hall–Kier alpha value is -2.17. The van der Waals surface area contributed by atoms with E-state index in [-0.39, 0.29) is 12.8 Å². The number of carboxylic acid groups (broad SMARTS) is 2. The second-order valence-electron chi connectivity index (χ2n) is 6.44. The number of rotatable bonds is 9. The van der Waals surface area contributed by atoms with Gasteiger partial charge in [-0.15, -0.1) is 0 Å². The number of carbonyl (C=O) groups is 2. The molecule has 0 amide bonds. The maximum atomic E-state index is 13.0. The quantitative estimate of drug-likeness (QED) is 0.566. The molecule has 26 heavy (non-hydrogen) atoms. The molecule has 3 atom stereocenters. The molecule has 7 heteroatoms. The van der Waals surface area contributed by atoms with Crippen molar-refractivity contribution in [3.63, 3.8) is 0 Å². The first-order chi connectivity index (χ1) is 12.2. The molecular formula is C19H23O6P. The Kier molecular flexibility index (Phi) is 6.57. The Morgan fingerprint density at radius 3 is 2.31 bits per heavy atom. The molecule has 0 aromatic heterocycles. The third kappa shape index (κ3) is 4.93. The van der Waals surface area contributed by atoms with Crippen LogP contribution in [0.15, 0.2) is 42.5 Å². The summed E-state index contributed by atoms with van der Waals surface area (Å²) in [6.45, 7) is 1.79. The summed E-state index contributed by atoms with van der Waals surface area (Å²) in [7, 11) is -3.85. The number of fused-ring (bicyclic) bond motifs is 1. The molecule has 0 radical (unpaired) electrons. The Morgan fingerprint density at radius 2 is 1.73 bits per heavy atom. The van der Waals surface area contributed by atoms with E-state index in [2.05, 4.69) is 0 Å². The lowest BCUT2D eigenvalue weighted by Gasteiger charge is -2.25. The summed E-state index contributed by atoms with van der Waals surface area (Å²) in [5, 5.41) is 20.0. The van der Waals surface area contributed by atoms with Crippen LogP contribution in [0, 0.1) is 5.92 Å². The summed E-state index contributed by atoms with van der Waals surface area (Å²) in [5.74, 6) is -3.52. The van der Waals surface area contributed by atoms with E-state index in [1.165, 1.54) is 0 Å². The summed E-state index contributed by atoms with van der Waals surface area (Å²) in [4.78, 5) is 32.7. The van der Waals surface area contributed by atoms with Crippen LogP contribution >= 0.6 is 7.37 Å². The molecule has 0 bridgehead atoms. The van der Waals surface area contributed by atoms with Crippen LogP contribution in [0.1, 0.15) is 37.4 Å². The van der Waals surface area contributed by atoms with Crippen molar-refractivity contribution in [2.24, 2.45) is 5.92 Å². The number of hydrogen-bond donors (Lipinski definition) is 3. The predicted octanol–water partition coefficient (Wildman–Crippen LogP) is 4.13. The summed E-state index contributed by atoms with van der Waals surface area (Å²) < 4.78 is 13.0. The molecule has 0 heterocycles. The van der Waals surface area contributed by atoms with Gasteiger partial charge in [0.05, 0.1) is 11.6 Å². The van der Waals surface area contributed by atoms with Crippen molar-refractivity contribution < 1.29 is 29.3 Å². The van der Waals surface area contributed by atoms with Crippen LogP contribution in [0.3, 0.4) is 0 Å². The molecule has 0 aliphatic carbocycles. The smallest absolute Gasteiger partial charge is 0.307 e. The minimum atomic E-state index is -3.85. The van der Waals surface area contributed by atoms with Crippen molar-refractivity contribution in [1.29, 1.82) is 0 Å². The van der Waals surface area contributed by atoms with Crippen molar-refractivity contribution >= 4 is 30.1 Å². The molecule has 3 unspecified atom stereocenters. The first kappa shape index (κ1) is 20.1. The zero-order valence-electron chi connectivity index (χ0n) is 14.5. The highest BCUT2D eigenvalue weighted by molar-refractivity contribution is 7.58. The highest BCUT2D eigenvalue weighted by atomic mass is 31.2. The van der Waals surface area contributed by atoms with E-state index in [9.17, 15) is 24.2 Å². The summed E-state index contributed by atoms with van der Waals surface area (Å²) in [6, 6.07) is 13.2. The van der Waals surface area contributed by atoms with Gasteiger partial charge in [-0.05, 0) is 29.2 Å². The minimum absolute atomic E-state index is 0.163. The average Bonchev–Trinajstić information content (AvgIpc) is 2.58. The minimum Gasteiger partial charge on any atom is -0.481 e. The van der Waals surface area contributed by atoms with Gasteiger partial charge in [-0.2, -0.15) is 0 Å². The molecule has 0 saturated carbocycles. The normalized spacial score (nSPS) is 15.9. The molecular weight excluding hydrogens is 355 g/mol. The summed E-state index contributed by atoms with van der Waals surface area (Å²) in [6.07, 6.45) is -0.550. The van der Waals surface area contributed by atoms with Gasteiger partial charge in [0.25, 0.3) is 0 Å². The fraction of sp³-hybridized carbons (Fsp3) is 0.368. The second-order valence-corrected chi connectivity index (χ2v) is 8.94. The largest absolute Gasteiger partial charge is 0.481 e. The number of benzene rings is 2. The van der Waals surface area contributed by atoms with Gasteiger partial charge in [0.2, 0.25) is 7.37 Å². The molecule has 0 saturated heterocycles. The molecule has 0 aliphatic rings. The van der Waals surface area contributed by atoms with Crippen molar-refractivity contribution in [3.8, 4) is 0 Å². The molecule has 2 aromatic rings. The lowest BCUT2D eigenvalue weighted by Crippen LogP contribution is -2.21. The molecule has 0 spiro atoms. The second kappa shape index (κ2) is 8.47. The highest BCUT2D eigenvalue weighted by Crippen LogP contribution is 2.58. The molecule has 0 fully saturated rings. The van der Waals surface area contributed by atoms with E-state index in [0.29, 0.717) is 12.0 Å². The van der Waals surface area contributed by atoms with Gasteiger partial charge in [-0.1, -0.05) is 49.4 Å². The third-order valence-corrected chi connectivity index (χ3v) is 7.17. The van der Waals surface area contributed by atoms with Gasteiger partial charge < -0.3 is 15.1 Å². The van der Waals surface area contributed by atoms with Gasteiger partial charge in [0, 0.05) is 12.6 Å². The standard InChI is InChI=1S/C19H23O6P/c1-2-17(15-8-7-13-5-3-4-6-14(13)11-15)26(24,25)12-16(19(22)23)9-10-18(20)21/h3-8,11,16-17H,2,9-10,12H2,1H3,(H,20,21)(H,22,23)(H,24,25). The van der Waals surface area contributed by atoms with E-state index in [4.69, 9.17) is 5.11 Å². The zero-order valence-corrected chi connectivity index (χ0v) is 15.4. The lowest BCUT2D eigenvalue weighted by atomic mass is 10.0. The van der Waals surface area contributed by atoms with Crippen LogP contribution in [-0.2, 0) is 14.2 Å². The van der Waals surface area contributed by atoms with Crippen LogP contribution in [-0.4, -0.2) is 33.2 Å². The Balaban J connectivity index is 2.28. The van der Waals surface area contributed by atoms with E-state index in [1.54, 1.807) is 13.0 Å². The van der Waals surface area contributed by atoms with Crippen LogP contribution in [0.5, 0.6) is 0 Å². The van der Waals surface area contributed by atoms with Crippen LogP contribution < -0.4 is 0 Å². The fourth-order valence-corrected chi connectivity index (χ4v) is 5.62. The van der Waals surface area contributed by atoms with Crippen molar-refractivity contribution in [3.05, 3.63) is 48.0 Å². The predicted molar refractivity (Wildman–Crippen MR) is 99.7 cm³/mol. The van der Waals surface area contributed by atoms with E-state index in [0.717, 1.165) is 10.8 Å². The average molecular weight is 378 g/mol. The van der Waals surface area contributed by atoms with Gasteiger partial charge in [-0.25, -0.2) is 0 Å². The topological polar surface area (TPSA) is 112 Å². The number of aliphatic carboxylic acids is 2. The van der Waals surface area contributed by atoms with Crippen molar-refractivity contribution in [2.75, 3.05) is 6.16 Å². The molecule has 6 nitrogen and oxygen atoms in total. The Labute approximate surface area is 151 Å². The van der Waals surface area contributed by atoms with Crippen LogP contribution in [0.4, 0.5) is 0 Å². The Bertz CT molecular complexity index is 847. The molecule has 2 aromatic carbocycles. The maximum Gasteiger partial charge on any atom is 0.307 e. The molecule has 3 N–H and O–H groups in total. The van der Waals surface area contributed by atoms with Crippen molar-refractivity contribution in [1.82, 2.24) is 0 Å². The third-order valence-electron chi connectivity index (χ3n) is 4.57. The monoisotopic (exact) mass is 378 g/mol. The van der Waals surface area contributed by atoms with E-state index >= 15 is 0 Å². The van der Waals surface area contributed by atoms with Crippen molar-refractivity contribution in [2.45, 2.75) is 31.8 Å². The van der Waals surface area contributed by atoms with Crippen LogP contribution in [0.2, 0.25) is 0 Å². The fourth-order valence-electron chi connectivity index (χ4n) is 3.20. The molecule has 2 rings (SSSR count). The van der Waals surface area contributed by atoms with Gasteiger partial charge in [-0.3, -0.25) is 14.2 Å². The number of hydrogen-bond acceptors (Lipinski definition) is 3. The van der Waals surface area contributed by atoms with E-state index < -0.39 is 37.0 Å². The van der Waals surface area contributed by atoms with Crippen LogP contribution in [0.25, 0.3) is 10.8 Å². The summed E-state index contributed by atoms with van der Waals surface area (Å²) in [5.41, 5.74) is 0.0122. The zero-order chi connectivity index (χ0) is 19.3. The maximum absolute atomic E-state index is 13.0. The SMILES string of the molecule is CCC(c1ccc2ccccc2c1)P(=O)(O)CC(CCC(=O)O)C(=O)O.